The lowest BCUT2D eigenvalue weighted by Crippen LogP contribution is -2.12. The van der Waals surface area contributed by atoms with Crippen molar-refractivity contribution in [1.82, 2.24) is 0 Å². The van der Waals surface area contributed by atoms with Crippen molar-refractivity contribution in [3.63, 3.8) is 0 Å². The topological polar surface area (TPSA) is 3.24 Å². The van der Waals surface area contributed by atoms with E-state index in [1.807, 2.05) is 11.3 Å². The number of thiophene rings is 1. The van der Waals surface area contributed by atoms with E-state index < -0.39 is 0 Å². The predicted octanol–water partition coefficient (Wildman–Crippen LogP) is 16.5. The minimum Gasteiger partial charge on any atom is -0.310 e. The van der Waals surface area contributed by atoms with Gasteiger partial charge in [-0.3, -0.25) is 0 Å². The van der Waals surface area contributed by atoms with Gasteiger partial charge in [0.25, 0.3) is 0 Å². The first-order valence-corrected chi connectivity index (χ1v) is 20.7. The van der Waals surface area contributed by atoms with Gasteiger partial charge >= 0.3 is 0 Å². The molecule has 11 aromatic rings. The maximum absolute atomic E-state index is 2.45. The van der Waals surface area contributed by atoms with Crippen LogP contribution in [0.5, 0.6) is 0 Å². The molecule has 1 nitrogen and oxygen atoms in total. The molecule has 0 saturated heterocycles. The third-order valence-corrected chi connectivity index (χ3v) is 12.6. The third kappa shape index (κ3) is 5.94. The Morgan fingerprint density at radius 2 is 0.810 bits per heavy atom. The van der Waals surface area contributed by atoms with Gasteiger partial charge in [0.2, 0.25) is 0 Å². The molecule has 1 aromatic heterocycles. The lowest BCUT2D eigenvalue weighted by molar-refractivity contribution is 1.28. The van der Waals surface area contributed by atoms with Crippen LogP contribution in [-0.2, 0) is 0 Å². The number of nitrogens with zero attached hydrogens (tertiary/aromatic N) is 1. The standard InChI is InChI=1S/C56H37NS/c1-3-14-38(15-4-1)40-26-31-44(32-27-40)57(45-33-28-41(29-34-45)39-16-5-2-6-17-39)53-24-13-23-50(51-36-42-18-7-8-19-46(42)47-20-9-10-21-48(47)51)56(53)43-30-35-55-52(37-43)49-22-11-12-25-54(49)58-55/h1-37H. The molecule has 10 aromatic carbocycles. The molecule has 0 aliphatic rings. The van der Waals surface area contributed by atoms with E-state index in [1.165, 1.54) is 86.2 Å². The van der Waals surface area contributed by atoms with Crippen molar-refractivity contribution in [2.24, 2.45) is 0 Å². The van der Waals surface area contributed by atoms with E-state index in [-0.39, 0.29) is 0 Å². The van der Waals surface area contributed by atoms with Gasteiger partial charge in [0, 0.05) is 37.1 Å². The zero-order valence-corrected chi connectivity index (χ0v) is 32.5. The highest BCUT2D eigenvalue weighted by atomic mass is 32.1. The summed E-state index contributed by atoms with van der Waals surface area (Å²) in [5.74, 6) is 0. The molecule has 0 aliphatic carbocycles. The zero-order chi connectivity index (χ0) is 38.4. The minimum atomic E-state index is 1.09. The largest absolute Gasteiger partial charge is 0.310 e. The molecular weight excluding hydrogens is 719 g/mol. The number of rotatable bonds is 7. The molecule has 0 atom stereocenters. The second-order valence-corrected chi connectivity index (χ2v) is 15.9. The fourth-order valence-corrected chi connectivity index (χ4v) is 9.79. The van der Waals surface area contributed by atoms with Gasteiger partial charge in [0.05, 0.1) is 5.69 Å². The van der Waals surface area contributed by atoms with Crippen LogP contribution < -0.4 is 4.90 Å². The van der Waals surface area contributed by atoms with Crippen molar-refractivity contribution in [1.29, 1.82) is 0 Å². The number of anilines is 3. The molecule has 0 bridgehead atoms. The van der Waals surface area contributed by atoms with E-state index in [0.717, 1.165) is 17.1 Å². The van der Waals surface area contributed by atoms with Crippen LogP contribution in [0.15, 0.2) is 224 Å². The second-order valence-electron chi connectivity index (χ2n) is 14.9. The van der Waals surface area contributed by atoms with E-state index >= 15 is 0 Å². The smallest absolute Gasteiger partial charge is 0.0546 e. The number of hydrogen-bond acceptors (Lipinski definition) is 2. The molecule has 58 heavy (non-hydrogen) atoms. The quantitative estimate of drug-likeness (QED) is 0.146. The molecule has 0 N–H and O–H groups in total. The summed E-state index contributed by atoms with van der Waals surface area (Å²) < 4.78 is 2.60. The number of hydrogen-bond donors (Lipinski definition) is 0. The van der Waals surface area contributed by atoms with Crippen molar-refractivity contribution in [2.75, 3.05) is 4.90 Å². The molecule has 0 unspecified atom stereocenters. The Morgan fingerprint density at radius 1 is 0.293 bits per heavy atom. The van der Waals surface area contributed by atoms with Crippen LogP contribution in [0.25, 0.3) is 86.2 Å². The lowest BCUT2D eigenvalue weighted by atomic mass is 9.87. The van der Waals surface area contributed by atoms with Gasteiger partial charge in [-0.25, -0.2) is 0 Å². The lowest BCUT2D eigenvalue weighted by Gasteiger charge is -2.30. The summed E-state index contributed by atoms with van der Waals surface area (Å²) in [5, 5.41) is 7.59. The van der Waals surface area contributed by atoms with Gasteiger partial charge in [-0.1, -0.05) is 170 Å². The Hall–Kier alpha value is -7.26. The monoisotopic (exact) mass is 755 g/mol. The first-order valence-electron chi connectivity index (χ1n) is 19.8. The number of fused-ring (bicyclic) bond motifs is 6. The van der Waals surface area contributed by atoms with E-state index in [2.05, 4.69) is 229 Å². The molecular formula is C56H37NS. The first-order chi connectivity index (χ1) is 28.8. The Labute approximate surface area is 342 Å². The second kappa shape index (κ2) is 14.4. The zero-order valence-electron chi connectivity index (χ0n) is 31.7. The molecule has 0 spiro atoms. The molecule has 2 heteroatoms. The average molecular weight is 756 g/mol. The maximum Gasteiger partial charge on any atom is 0.0546 e. The molecule has 0 aliphatic heterocycles. The Morgan fingerprint density at radius 3 is 1.48 bits per heavy atom. The summed E-state index contributed by atoms with van der Waals surface area (Å²) >= 11 is 1.86. The van der Waals surface area contributed by atoms with Gasteiger partial charge in [-0.15, -0.1) is 11.3 Å². The normalized spacial score (nSPS) is 11.4. The van der Waals surface area contributed by atoms with Gasteiger partial charge in [-0.2, -0.15) is 0 Å². The Kier molecular flexibility index (Phi) is 8.42. The van der Waals surface area contributed by atoms with Crippen LogP contribution in [0, 0.1) is 0 Å². The van der Waals surface area contributed by atoms with Crippen LogP contribution in [0.3, 0.4) is 0 Å². The van der Waals surface area contributed by atoms with Crippen LogP contribution in [0.2, 0.25) is 0 Å². The molecule has 0 saturated carbocycles. The van der Waals surface area contributed by atoms with E-state index in [0.29, 0.717) is 0 Å². The molecule has 0 radical (unpaired) electrons. The highest BCUT2D eigenvalue weighted by Crippen LogP contribution is 2.49. The predicted molar refractivity (Wildman–Crippen MR) is 251 cm³/mol. The Balaban J connectivity index is 1.20. The maximum atomic E-state index is 2.45. The van der Waals surface area contributed by atoms with Crippen LogP contribution in [0.1, 0.15) is 0 Å². The van der Waals surface area contributed by atoms with Gasteiger partial charge in [0.15, 0.2) is 0 Å². The molecule has 272 valence electrons. The van der Waals surface area contributed by atoms with E-state index in [1.54, 1.807) is 0 Å². The summed E-state index contributed by atoms with van der Waals surface area (Å²) in [7, 11) is 0. The van der Waals surface area contributed by atoms with Crippen LogP contribution in [-0.4, -0.2) is 0 Å². The third-order valence-electron chi connectivity index (χ3n) is 11.5. The van der Waals surface area contributed by atoms with Crippen LogP contribution in [0.4, 0.5) is 17.1 Å². The summed E-state index contributed by atoms with van der Waals surface area (Å²) in [6.45, 7) is 0. The van der Waals surface area contributed by atoms with Gasteiger partial charge in [0.1, 0.15) is 0 Å². The van der Waals surface area contributed by atoms with E-state index in [4.69, 9.17) is 0 Å². The molecule has 1 heterocycles. The fourth-order valence-electron chi connectivity index (χ4n) is 8.71. The summed E-state index contributed by atoms with van der Waals surface area (Å²) in [4.78, 5) is 2.45. The van der Waals surface area contributed by atoms with Crippen molar-refractivity contribution >= 4 is 70.1 Å². The molecule has 11 rings (SSSR count). The average Bonchev–Trinajstić information content (AvgIpc) is 3.68. The highest BCUT2D eigenvalue weighted by molar-refractivity contribution is 7.25. The summed E-state index contributed by atoms with van der Waals surface area (Å²) in [6.07, 6.45) is 0. The first kappa shape index (κ1) is 34.0. The SMILES string of the molecule is c1ccc(-c2ccc(N(c3ccc(-c4ccccc4)cc3)c3cccc(-c4cc5ccccc5c5ccccc45)c3-c3ccc4sc5ccccc5c4c3)cc2)cc1. The van der Waals surface area contributed by atoms with E-state index in [9.17, 15) is 0 Å². The van der Waals surface area contributed by atoms with Crippen LogP contribution >= 0.6 is 11.3 Å². The fraction of sp³-hybridized carbons (Fsp3) is 0. The van der Waals surface area contributed by atoms with Gasteiger partial charge in [-0.05, 0) is 115 Å². The van der Waals surface area contributed by atoms with Crippen molar-refractivity contribution in [3.05, 3.63) is 224 Å². The summed E-state index contributed by atoms with van der Waals surface area (Å²) in [6, 6.07) is 82.1. The Bertz CT molecular complexity index is 3170. The number of benzene rings is 10. The van der Waals surface area contributed by atoms with Crippen molar-refractivity contribution in [2.45, 2.75) is 0 Å². The minimum absolute atomic E-state index is 1.09. The summed E-state index contributed by atoms with van der Waals surface area (Å²) in [5.41, 5.74) is 12.9. The molecule has 0 fully saturated rings. The van der Waals surface area contributed by atoms with Crippen molar-refractivity contribution in [3.8, 4) is 44.5 Å². The molecule has 0 amide bonds. The highest BCUT2D eigenvalue weighted by Gasteiger charge is 2.23. The van der Waals surface area contributed by atoms with Gasteiger partial charge < -0.3 is 4.90 Å². The van der Waals surface area contributed by atoms with Crippen molar-refractivity contribution < 1.29 is 0 Å².